The fraction of sp³-hybridized carbons (Fsp3) is 0.167. The molecule has 22 heavy (non-hydrogen) atoms. The lowest BCUT2D eigenvalue weighted by molar-refractivity contribution is -0.121. The molecule has 1 amide bonds. The summed E-state index contributed by atoms with van der Waals surface area (Å²) in [5, 5.41) is 2.75. The number of hydrogen-bond acceptors (Lipinski definition) is 2. The van der Waals surface area contributed by atoms with E-state index in [0.29, 0.717) is 19.6 Å². The summed E-state index contributed by atoms with van der Waals surface area (Å²) in [5.41, 5.74) is 0.940. The normalized spacial score (nSPS) is 9.50. The Balaban J connectivity index is 1.65. The van der Waals surface area contributed by atoms with Crippen LogP contribution in [0.15, 0.2) is 59.1 Å². The Morgan fingerprint density at radius 3 is 2.73 bits per heavy atom. The van der Waals surface area contributed by atoms with Crippen LogP contribution in [0.4, 0.5) is 0 Å². The first kappa shape index (κ1) is 16.1. The smallest absolute Gasteiger partial charge is 0.224 e. The van der Waals surface area contributed by atoms with E-state index in [4.69, 9.17) is 4.74 Å². The molecule has 0 aliphatic rings. The third-order valence-corrected chi connectivity index (χ3v) is 3.27. The lowest BCUT2D eigenvalue weighted by atomic mass is 10.2. The number of ether oxygens (including phenoxy) is 1. The summed E-state index contributed by atoms with van der Waals surface area (Å²) in [5.74, 6) is 6.58. The van der Waals surface area contributed by atoms with E-state index in [9.17, 15) is 4.79 Å². The van der Waals surface area contributed by atoms with Gasteiger partial charge in [0.2, 0.25) is 5.91 Å². The van der Waals surface area contributed by atoms with E-state index < -0.39 is 0 Å². The topological polar surface area (TPSA) is 38.3 Å². The maximum Gasteiger partial charge on any atom is 0.224 e. The third-order valence-electron chi connectivity index (χ3n) is 2.77. The lowest BCUT2D eigenvalue weighted by Crippen LogP contribution is -2.25. The van der Waals surface area contributed by atoms with Crippen molar-refractivity contribution in [3.05, 3.63) is 64.6 Å². The Morgan fingerprint density at radius 1 is 1.14 bits per heavy atom. The number of halogens is 1. The van der Waals surface area contributed by atoms with Gasteiger partial charge >= 0.3 is 0 Å². The van der Waals surface area contributed by atoms with Gasteiger partial charge in [0.25, 0.3) is 0 Å². The molecule has 0 spiro atoms. The Hall–Kier alpha value is -2.25. The first-order valence-corrected chi connectivity index (χ1v) is 7.72. The molecule has 0 atom stereocenters. The summed E-state index contributed by atoms with van der Waals surface area (Å²) >= 11 is 3.37. The highest BCUT2D eigenvalue weighted by Gasteiger charge is 2.00. The first-order chi connectivity index (χ1) is 10.7. The molecule has 3 nitrogen and oxygen atoms in total. The maximum absolute atomic E-state index is 11.6. The van der Waals surface area contributed by atoms with Crippen molar-refractivity contribution in [2.24, 2.45) is 0 Å². The molecule has 2 aromatic rings. The predicted octanol–water partition coefficient (Wildman–Crippen LogP) is 3.39. The van der Waals surface area contributed by atoms with Crippen molar-refractivity contribution >= 4 is 21.8 Å². The molecule has 2 aromatic carbocycles. The van der Waals surface area contributed by atoms with Gasteiger partial charge in [-0.25, -0.2) is 0 Å². The second-order valence-electron chi connectivity index (χ2n) is 4.50. The fourth-order valence-electron chi connectivity index (χ4n) is 1.72. The fourth-order valence-corrected chi connectivity index (χ4v) is 2.10. The van der Waals surface area contributed by atoms with E-state index in [0.717, 1.165) is 15.8 Å². The SMILES string of the molecule is O=C(CCOc1cccc(Br)c1)NCC#Cc1ccccc1. The zero-order valence-electron chi connectivity index (χ0n) is 12.0. The van der Waals surface area contributed by atoms with Gasteiger partial charge in [0.1, 0.15) is 5.75 Å². The molecule has 4 heteroatoms. The summed E-state index contributed by atoms with van der Waals surface area (Å²) in [6, 6.07) is 17.2. The molecule has 2 rings (SSSR count). The Labute approximate surface area is 138 Å². The Kier molecular flexibility index (Phi) is 6.53. The standard InChI is InChI=1S/C18H16BrNO2/c19-16-9-4-10-17(14-16)22-13-11-18(21)20-12-5-8-15-6-2-1-3-7-15/h1-4,6-7,9-10,14H,11-13H2,(H,20,21). The van der Waals surface area contributed by atoms with E-state index in [1.54, 1.807) is 0 Å². The van der Waals surface area contributed by atoms with Crippen LogP contribution in [0.3, 0.4) is 0 Å². The lowest BCUT2D eigenvalue weighted by Gasteiger charge is -2.06. The molecule has 0 saturated heterocycles. The second kappa shape index (κ2) is 8.91. The third kappa shape index (κ3) is 6.02. The van der Waals surface area contributed by atoms with Gasteiger partial charge in [0, 0.05) is 10.0 Å². The monoisotopic (exact) mass is 357 g/mol. The molecule has 1 N–H and O–H groups in total. The number of rotatable bonds is 5. The van der Waals surface area contributed by atoms with Crippen molar-refractivity contribution in [2.45, 2.75) is 6.42 Å². The highest BCUT2D eigenvalue weighted by molar-refractivity contribution is 9.10. The van der Waals surface area contributed by atoms with Gasteiger partial charge in [-0.2, -0.15) is 0 Å². The van der Waals surface area contributed by atoms with Crippen LogP contribution in [-0.4, -0.2) is 19.1 Å². The molecule has 0 unspecified atom stereocenters. The van der Waals surface area contributed by atoms with E-state index in [-0.39, 0.29) is 5.91 Å². The van der Waals surface area contributed by atoms with Gasteiger partial charge in [0.05, 0.1) is 19.6 Å². The van der Waals surface area contributed by atoms with Crippen LogP contribution < -0.4 is 10.1 Å². The molecule has 0 aromatic heterocycles. The Bertz CT molecular complexity index is 674. The number of hydrogen-bond donors (Lipinski definition) is 1. The van der Waals surface area contributed by atoms with E-state index in [1.165, 1.54) is 0 Å². The van der Waals surface area contributed by atoms with Gasteiger partial charge in [-0.15, -0.1) is 0 Å². The first-order valence-electron chi connectivity index (χ1n) is 6.93. The predicted molar refractivity (Wildman–Crippen MR) is 90.6 cm³/mol. The minimum absolute atomic E-state index is 0.0719. The summed E-state index contributed by atoms with van der Waals surface area (Å²) in [6.07, 6.45) is 0.305. The van der Waals surface area contributed by atoms with Gasteiger partial charge in [0.15, 0.2) is 0 Å². The van der Waals surface area contributed by atoms with Crippen molar-refractivity contribution in [3.63, 3.8) is 0 Å². The van der Waals surface area contributed by atoms with Crippen LogP contribution in [0.5, 0.6) is 5.75 Å². The molecule has 0 bridgehead atoms. The number of carbonyl (C=O) groups is 1. The number of benzene rings is 2. The minimum Gasteiger partial charge on any atom is -0.493 e. The highest BCUT2D eigenvalue weighted by Crippen LogP contribution is 2.17. The minimum atomic E-state index is -0.0719. The van der Waals surface area contributed by atoms with Crippen LogP contribution in [0.1, 0.15) is 12.0 Å². The molecule has 0 radical (unpaired) electrons. The Morgan fingerprint density at radius 2 is 1.95 bits per heavy atom. The van der Waals surface area contributed by atoms with Gasteiger partial charge in [-0.1, -0.05) is 52.0 Å². The van der Waals surface area contributed by atoms with E-state index >= 15 is 0 Å². The second-order valence-corrected chi connectivity index (χ2v) is 5.42. The largest absolute Gasteiger partial charge is 0.493 e. The average Bonchev–Trinajstić information content (AvgIpc) is 2.53. The van der Waals surface area contributed by atoms with Crippen molar-refractivity contribution in [2.75, 3.05) is 13.2 Å². The van der Waals surface area contributed by atoms with Crippen molar-refractivity contribution in [3.8, 4) is 17.6 Å². The zero-order chi connectivity index (χ0) is 15.6. The molecular weight excluding hydrogens is 342 g/mol. The molecule has 0 heterocycles. The maximum atomic E-state index is 11.6. The molecule has 0 aliphatic heterocycles. The van der Waals surface area contributed by atoms with E-state index in [2.05, 4.69) is 33.1 Å². The van der Waals surface area contributed by atoms with Crippen molar-refractivity contribution in [1.82, 2.24) is 5.32 Å². The summed E-state index contributed by atoms with van der Waals surface area (Å²) in [4.78, 5) is 11.6. The molecular formula is C18H16BrNO2. The van der Waals surface area contributed by atoms with Gasteiger partial charge < -0.3 is 10.1 Å². The number of nitrogens with one attached hydrogen (secondary N) is 1. The average molecular weight is 358 g/mol. The molecule has 0 aliphatic carbocycles. The van der Waals surface area contributed by atoms with Crippen molar-refractivity contribution < 1.29 is 9.53 Å². The highest BCUT2D eigenvalue weighted by atomic mass is 79.9. The van der Waals surface area contributed by atoms with Gasteiger partial charge in [-0.05, 0) is 30.3 Å². The van der Waals surface area contributed by atoms with Crippen LogP contribution in [0, 0.1) is 11.8 Å². The van der Waals surface area contributed by atoms with Crippen LogP contribution in [0.25, 0.3) is 0 Å². The van der Waals surface area contributed by atoms with Crippen LogP contribution in [-0.2, 0) is 4.79 Å². The quantitative estimate of drug-likeness (QED) is 0.833. The van der Waals surface area contributed by atoms with Crippen LogP contribution >= 0.6 is 15.9 Å². The van der Waals surface area contributed by atoms with Gasteiger partial charge in [-0.3, -0.25) is 4.79 Å². The van der Waals surface area contributed by atoms with Crippen molar-refractivity contribution in [1.29, 1.82) is 0 Å². The number of amides is 1. The number of carbonyl (C=O) groups excluding carboxylic acids is 1. The molecule has 0 saturated carbocycles. The molecule has 112 valence electrons. The summed E-state index contributed by atoms with van der Waals surface area (Å²) < 4.78 is 6.46. The van der Waals surface area contributed by atoms with E-state index in [1.807, 2.05) is 54.6 Å². The van der Waals surface area contributed by atoms with Crippen LogP contribution in [0.2, 0.25) is 0 Å². The summed E-state index contributed by atoms with van der Waals surface area (Å²) in [6.45, 7) is 0.680. The summed E-state index contributed by atoms with van der Waals surface area (Å²) in [7, 11) is 0. The molecule has 0 fully saturated rings. The zero-order valence-corrected chi connectivity index (χ0v) is 13.6.